The molecule has 1 N–H and O–H groups in total. The van der Waals surface area contributed by atoms with Crippen molar-refractivity contribution < 1.29 is 14.0 Å². The van der Waals surface area contributed by atoms with Crippen LogP contribution in [0.3, 0.4) is 0 Å². The van der Waals surface area contributed by atoms with Crippen molar-refractivity contribution in [3.8, 4) is 0 Å². The summed E-state index contributed by atoms with van der Waals surface area (Å²) >= 11 is 7.20. The smallest absolute Gasteiger partial charge is 0.238 e. The molecule has 1 saturated heterocycles. The van der Waals surface area contributed by atoms with E-state index in [9.17, 15) is 14.0 Å². The Hall–Kier alpha value is -3.16. The van der Waals surface area contributed by atoms with Gasteiger partial charge in [0.2, 0.25) is 11.8 Å². The van der Waals surface area contributed by atoms with Crippen LogP contribution < -0.4 is 5.32 Å². The summed E-state index contributed by atoms with van der Waals surface area (Å²) < 4.78 is 13.3. The quantitative estimate of drug-likeness (QED) is 0.490. The molecule has 168 valence electrons. The van der Waals surface area contributed by atoms with E-state index in [4.69, 9.17) is 11.6 Å². The van der Waals surface area contributed by atoms with E-state index in [1.165, 1.54) is 36.0 Å². The molecule has 0 bridgehead atoms. The van der Waals surface area contributed by atoms with Gasteiger partial charge in [-0.3, -0.25) is 14.5 Å². The lowest BCUT2D eigenvalue weighted by Crippen LogP contribution is -2.44. The van der Waals surface area contributed by atoms with Crippen molar-refractivity contribution in [3.05, 3.63) is 94.8 Å². The number of amidine groups is 1. The van der Waals surface area contributed by atoms with Crippen molar-refractivity contribution in [1.82, 2.24) is 4.90 Å². The van der Waals surface area contributed by atoms with Crippen molar-refractivity contribution >= 4 is 51.7 Å². The summed E-state index contributed by atoms with van der Waals surface area (Å²) in [4.78, 5) is 32.2. The molecule has 1 aliphatic rings. The molecule has 2 amide bonds. The molecule has 0 radical (unpaired) electrons. The monoisotopic (exact) mass is 481 g/mol. The summed E-state index contributed by atoms with van der Waals surface area (Å²) in [5, 5.41) is 3.24. The minimum Gasteiger partial charge on any atom is -0.325 e. The van der Waals surface area contributed by atoms with Gasteiger partial charge in [-0.05, 0) is 66.6 Å². The van der Waals surface area contributed by atoms with Crippen LogP contribution >= 0.6 is 23.4 Å². The average Bonchev–Trinajstić information content (AvgIpc) is 2.78. The third-order valence-electron chi connectivity index (χ3n) is 5.02. The molecule has 1 heterocycles. The maximum atomic E-state index is 13.3. The summed E-state index contributed by atoms with van der Waals surface area (Å²) in [7, 11) is 0. The van der Waals surface area contributed by atoms with Crippen molar-refractivity contribution in [1.29, 1.82) is 0 Å². The number of nitrogens with zero attached hydrogens (tertiary/aromatic N) is 2. The lowest BCUT2D eigenvalue weighted by molar-refractivity contribution is -0.129. The molecule has 0 aromatic heterocycles. The average molecular weight is 482 g/mol. The van der Waals surface area contributed by atoms with E-state index in [1.54, 1.807) is 23.1 Å². The molecule has 1 atom stereocenters. The van der Waals surface area contributed by atoms with Crippen molar-refractivity contribution in [2.75, 3.05) is 5.32 Å². The Morgan fingerprint density at radius 3 is 2.58 bits per heavy atom. The topological polar surface area (TPSA) is 61.8 Å². The lowest BCUT2D eigenvalue weighted by Gasteiger charge is -2.32. The number of halogens is 2. The first kappa shape index (κ1) is 23.0. The first-order valence-corrected chi connectivity index (χ1v) is 11.6. The summed E-state index contributed by atoms with van der Waals surface area (Å²) in [6.07, 6.45) is 0.0400. The summed E-state index contributed by atoms with van der Waals surface area (Å²) in [5.74, 6) is -0.856. The highest BCUT2D eigenvalue weighted by Gasteiger charge is 2.36. The number of thioether (sulfide) groups is 1. The van der Waals surface area contributed by atoms with E-state index in [-0.39, 0.29) is 30.6 Å². The van der Waals surface area contributed by atoms with Gasteiger partial charge in [-0.25, -0.2) is 9.38 Å². The number of anilines is 1. The molecular formula is C25H21ClFN3O2S. The Balaban J connectivity index is 1.59. The number of benzene rings is 3. The minimum absolute atomic E-state index is 0.0400. The lowest BCUT2D eigenvalue weighted by atomic mass is 10.2. The van der Waals surface area contributed by atoms with Gasteiger partial charge in [0.1, 0.15) is 11.1 Å². The number of aliphatic imine (C=N–C) groups is 1. The largest absolute Gasteiger partial charge is 0.325 e. The van der Waals surface area contributed by atoms with E-state index in [2.05, 4.69) is 10.3 Å². The van der Waals surface area contributed by atoms with Gasteiger partial charge in [-0.15, -0.1) is 0 Å². The Morgan fingerprint density at radius 2 is 1.88 bits per heavy atom. The van der Waals surface area contributed by atoms with Crippen molar-refractivity contribution in [2.45, 2.75) is 25.1 Å². The van der Waals surface area contributed by atoms with Crippen molar-refractivity contribution in [2.24, 2.45) is 4.99 Å². The molecular weight excluding hydrogens is 461 g/mol. The SMILES string of the molecule is Cc1cccc(NC(=O)C2CC(=O)N(Cc3ccc(Cl)cc3)C(=Nc3ccc(F)cc3)S2)c1. The van der Waals surface area contributed by atoms with Gasteiger partial charge in [0.25, 0.3) is 0 Å². The van der Waals surface area contributed by atoms with Gasteiger partial charge >= 0.3 is 0 Å². The number of rotatable bonds is 5. The molecule has 33 heavy (non-hydrogen) atoms. The van der Waals surface area contributed by atoms with E-state index in [0.717, 1.165) is 11.1 Å². The second-order valence-corrected chi connectivity index (χ2v) is 9.25. The van der Waals surface area contributed by atoms with Gasteiger partial charge in [0, 0.05) is 17.1 Å². The van der Waals surface area contributed by atoms with Crippen LogP contribution in [0, 0.1) is 12.7 Å². The Bertz CT molecular complexity index is 1200. The molecule has 0 aliphatic carbocycles. The zero-order valence-electron chi connectivity index (χ0n) is 17.8. The third-order valence-corrected chi connectivity index (χ3v) is 6.46. The number of carbonyl (C=O) groups is 2. The molecule has 1 unspecified atom stereocenters. The van der Waals surface area contributed by atoms with Gasteiger partial charge in [0.05, 0.1) is 12.2 Å². The van der Waals surface area contributed by atoms with E-state index in [1.807, 2.05) is 37.3 Å². The Kier molecular flexibility index (Phi) is 7.11. The fourth-order valence-corrected chi connectivity index (χ4v) is 4.56. The molecule has 5 nitrogen and oxygen atoms in total. The van der Waals surface area contributed by atoms with Crippen LogP contribution in [-0.2, 0) is 16.1 Å². The van der Waals surface area contributed by atoms with Crippen LogP contribution in [0.4, 0.5) is 15.8 Å². The molecule has 8 heteroatoms. The van der Waals surface area contributed by atoms with Crippen LogP contribution in [0.5, 0.6) is 0 Å². The predicted octanol–water partition coefficient (Wildman–Crippen LogP) is 5.95. The van der Waals surface area contributed by atoms with Gasteiger partial charge in [0.15, 0.2) is 5.17 Å². The highest BCUT2D eigenvalue weighted by molar-refractivity contribution is 8.15. The third kappa shape index (κ3) is 6.00. The van der Waals surface area contributed by atoms with Crippen LogP contribution in [-0.4, -0.2) is 27.1 Å². The molecule has 1 fully saturated rings. The number of amides is 2. The van der Waals surface area contributed by atoms with Crippen LogP contribution in [0.1, 0.15) is 17.5 Å². The van der Waals surface area contributed by atoms with E-state index in [0.29, 0.717) is 21.6 Å². The Morgan fingerprint density at radius 1 is 1.15 bits per heavy atom. The van der Waals surface area contributed by atoms with E-state index >= 15 is 0 Å². The first-order valence-electron chi connectivity index (χ1n) is 10.3. The van der Waals surface area contributed by atoms with Crippen LogP contribution in [0.25, 0.3) is 0 Å². The first-order chi connectivity index (χ1) is 15.9. The number of nitrogens with one attached hydrogen (secondary N) is 1. The van der Waals surface area contributed by atoms with Gasteiger partial charge in [-0.2, -0.15) is 0 Å². The van der Waals surface area contributed by atoms with E-state index < -0.39 is 5.25 Å². The maximum absolute atomic E-state index is 13.3. The fourth-order valence-electron chi connectivity index (χ4n) is 3.34. The van der Waals surface area contributed by atoms with Crippen LogP contribution in [0.2, 0.25) is 5.02 Å². The summed E-state index contributed by atoms with van der Waals surface area (Å²) in [6.45, 7) is 2.23. The zero-order valence-corrected chi connectivity index (χ0v) is 19.4. The molecule has 3 aromatic rings. The van der Waals surface area contributed by atoms with Gasteiger partial charge in [-0.1, -0.05) is 47.6 Å². The van der Waals surface area contributed by atoms with Crippen molar-refractivity contribution in [3.63, 3.8) is 0 Å². The fraction of sp³-hybridized carbons (Fsp3) is 0.160. The molecule has 0 saturated carbocycles. The second kappa shape index (κ2) is 10.2. The molecule has 3 aromatic carbocycles. The Labute approximate surface area is 200 Å². The molecule has 1 aliphatic heterocycles. The standard InChI is InChI=1S/C25H21ClFN3O2S/c1-16-3-2-4-21(13-16)28-24(32)22-14-23(31)30(15-17-5-7-18(26)8-6-17)25(33-22)29-20-11-9-19(27)10-12-20/h2-13,22H,14-15H2,1H3,(H,28,32). The molecule has 0 spiro atoms. The number of hydrogen-bond donors (Lipinski definition) is 1. The van der Waals surface area contributed by atoms with Gasteiger partial charge < -0.3 is 5.32 Å². The summed E-state index contributed by atoms with van der Waals surface area (Å²) in [5.41, 5.74) is 3.07. The zero-order chi connectivity index (χ0) is 23.4. The highest BCUT2D eigenvalue weighted by atomic mass is 35.5. The number of hydrogen-bond acceptors (Lipinski definition) is 4. The van der Waals surface area contributed by atoms with Crippen LogP contribution in [0.15, 0.2) is 77.8 Å². The minimum atomic E-state index is -0.640. The maximum Gasteiger partial charge on any atom is 0.238 e. The number of aryl methyl sites for hydroxylation is 1. The second-order valence-electron chi connectivity index (χ2n) is 7.65. The normalized spacial score (nSPS) is 17.3. The summed E-state index contributed by atoms with van der Waals surface area (Å²) in [6, 6.07) is 20.3. The number of carbonyl (C=O) groups excluding carboxylic acids is 2. The highest BCUT2D eigenvalue weighted by Crippen LogP contribution is 2.31. The predicted molar refractivity (Wildman–Crippen MR) is 131 cm³/mol. The molecule has 4 rings (SSSR count).